The van der Waals surface area contributed by atoms with Gasteiger partial charge in [0, 0.05) is 45.6 Å². The molecule has 3 atom stereocenters. The Balaban J connectivity index is 1.56. The summed E-state index contributed by atoms with van der Waals surface area (Å²) in [5, 5.41) is 1.04. The van der Waals surface area contributed by atoms with Crippen LogP contribution in [0.3, 0.4) is 0 Å². The number of aromatic nitrogens is 3. The van der Waals surface area contributed by atoms with Crippen LogP contribution in [0.15, 0.2) is 47.1 Å². The maximum absolute atomic E-state index is 14.9. The van der Waals surface area contributed by atoms with Crippen molar-refractivity contribution in [2.75, 3.05) is 0 Å². The minimum atomic E-state index is -0.429. The third-order valence-corrected chi connectivity index (χ3v) is 6.56. The van der Waals surface area contributed by atoms with Crippen molar-refractivity contribution in [1.82, 2.24) is 15.0 Å². The fourth-order valence-corrected chi connectivity index (χ4v) is 4.57. The first-order chi connectivity index (χ1) is 16.4. The Bertz CT molecular complexity index is 1290. The first-order valence-electron chi connectivity index (χ1n) is 11.6. The van der Waals surface area contributed by atoms with Gasteiger partial charge in [-0.15, -0.1) is 0 Å². The van der Waals surface area contributed by atoms with Gasteiger partial charge in [0.05, 0.1) is 23.9 Å². The van der Waals surface area contributed by atoms with Crippen molar-refractivity contribution in [2.24, 2.45) is 10.7 Å². The van der Waals surface area contributed by atoms with Crippen LogP contribution in [-0.2, 0) is 4.74 Å². The number of nitrogens with two attached hydrogens (primary N) is 1. The average molecular weight is 480 g/mol. The highest BCUT2D eigenvalue weighted by atomic mass is 35.5. The highest BCUT2D eigenvalue weighted by Crippen LogP contribution is 2.37. The van der Waals surface area contributed by atoms with Gasteiger partial charge in [0.25, 0.3) is 0 Å². The van der Waals surface area contributed by atoms with Crippen molar-refractivity contribution >= 4 is 28.8 Å². The Labute approximate surface area is 203 Å². The van der Waals surface area contributed by atoms with Crippen LogP contribution in [0.5, 0.6) is 0 Å². The first kappa shape index (κ1) is 22.9. The van der Waals surface area contributed by atoms with E-state index < -0.39 is 5.82 Å². The summed E-state index contributed by atoms with van der Waals surface area (Å²) < 4.78 is 21.1. The molecule has 3 aromatic rings. The van der Waals surface area contributed by atoms with E-state index in [-0.39, 0.29) is 18.1 Å². The molecule has 2 aromatic heterocycles. The van der Waals surface area contributed by atoms with Gasteiger partial charge in [-0.25, -0.2) is 19.3 Å². The SMILES string of the molecule is Cc1ccc2c(-c3ccc(Cl)cc3F)nc([C@@H]3C[C@H](C)O[C@@H](/C(C=NC4CC4)=C/N)C3)nc2n1. The van der Waals surface area contributed by atoms with E-state index in [4.69, 9.17) is 32.0 Å². The van der Waals surface area contributed by atoms with Crippen molar-refractivity contribution in [3.63, 3.8) is 0 Å². The summed E-state index contributed by atoms with van der Waals surface area (Å²) >= 11 is 6.00. The maximum atomic E-state index is 14.9. The molecular formula is C26H27ClFN5O. The molecule has 0 radical (unpaired) electrons. The molecule has 8 heteroatoms. The lowest BCUT2D eigenvalue weighted by molar-refractivity contribution is -0.0272. The lowest BCUT2D eigenvalue weighted by atomic mass is 9.88. The van der Waals surface area contributed by atoms with Crippen LogP contribution in [0.4, 0.5) is 4.39 Å². The Morgan fingerprint density at radius 3 is 2.74 bits per heavy atom. The van der Waals surface area contributed by atoms with Crippen LogP contribution in [0.2, 0.25) is 5.02 Å². The molecule has 0 bridgehead atoms. The van der Waals surface area contributed by atoms with Crippen molar-refractivity contribution in [1.29, 1.82) is 0 Å². The lowest BCUT2D eigenvalue weighted by Crippen LogP contribution is -2.33. The summed E-state index contributed by atoms with van der Waals surface area (Å²) in [5.41, 5.74) is 9.07. The minimum Gasteiger partial charge on any atom is -0.404 e. The maximum Gasteiger partial charge on any atom is 0.163 e. The second kappa shape index (κ2) is 9.39. The third kappa shape index (κ3) is 4.81. The van der Waals surface area contributed by atoms with Gasteiger partial charge in [0.1, 0.15) is 11.6 Å². The molecule has 0 unspecified atom stereocenters. The Kier molecular flexibility index (Phi) is 6.32. The molecule has 176 valence electrons. The van der Waals surface area contributed by atoms with E-state index in [2.05, 4.69) is 9.98 Å². The highest BCUT2D eigenvalue weighted by Gasteiger charge is 2.33. The number of benzene rings is 1. The topological polar surface area (TPSA) is 86.3 Å². The molecule has 1 aliphatic heterocycles. The monoisotopic (exact) mass is 479 g/mol. The molecule has 1 aromatic carbocycles. The molecule has 0 amide bonds. The lowest BCUT2D eigenvalue weighted by Gasteiger charge is -2.33. The van der Waals surface area contributed by atoms with E-state index in [1.165, 1.54) is 6.07 Å². The number of fused-ring (bicyclic) bond motifs is 1. The van der Waals surface area contributed by atoms with E-state index in [0.29, 0.717) is 45.6 Å². The molecule has 2 N–H and O–H groups in total. The zero-order chi connectivity index (χ0) is 23.8. The number of hydrogen-bond acceptors (Lipinski definition) is 6. The van der Waals surface area contributed by atoms with Gasteiger partial charge in [0.2, 0.25) is 0 Å². The average Bonchev–Trinajstić information content (AvgIpc) is 3.63. The van der Waals surface area contributed by atoms with Crippen LogP contribution in [0.25, 0.3) is 22.3 Å². The van der Waals surface area contributed by atoms with E-state index in [9.17, 15) is 4.39 Å². The smallest absolute Gasteiger partial charge is 0.163 e. The highest BCUT2D eigenvalue weighted by molar-refractivity contribution is 6.30. The number of nitrogens with zero attached hydrogens (tertiary/aromatic N) is 4. The van der Waals surface area contributed by atoms with Crippen molar-refractivity contribution < 1.29 is 9.13 Å². The zero-order valence-electron chi connectivity index (χ0n) is 19.2. The number of ether oxygens (including phenoxy) is 1. The zero-order valence-corrected chi connectivity index (χ0v) is 20.0. The van der Waals surface area contributed by atoms with Crippen LogP contribution in [0.1, 0.15) is 50.0 Å². The summed E-state index contributed by atoms with van der Waals surface area (Å²) in [7, 11) is 0. The summed E-state index contributed by atoms with van der Waals surface area (Å²) in [6, 6.07) is 8.80. The number of halogens is 2. The normalized spacial score (nSPS) is 23.6. The van der Waals surface area contributed by atoms with Crippen LogP contribution >= 0.6 is 11.6 Å². The van der Waals surface area contributed by atoms with E-state index in [1.54, 1.807) is 18.3 Å². The summed E-state index contributed by atoms with van der Waals surface area (Å²) in [4.78, 5) is 18.9. The Morgan fingerprint density at radius 1 is 1.18 bits per heavy atom. The molecular weight excluding hydrogens is 453 g/mol. The molecule has 5 rings (SSSR count). The molecule has 1 saturated carbocycles. The summed E-state index contributed by atoms with van der Waals surface area (Å²) in [6.07, 6.45) is 6.85. The summed E-state index contributed by atoms with van der Waals surface area (Å²) in [5.74, 6) is 0.200. The number of rotatable bonds is 5. The largest absolute Gasteiger partial charge is 0.404 e. The summed E-state index contributed by atoms with van der Waals surface area (Å²) in [6.45, 7) is 3.95. The van der Waals surface area contributed by atoms with Gasteiger partial charge in [0.15, 0.2) is 5.65 Å². The molecule has 6 nitrogen and oxygen atoms in total. The number of hydrogen-bond donors (Lipinski definition) is 1. The predicted octanol–water partition coefficient (Wildman–Crippen LogP) is 5.52. The van der Waals surface area contributed by atoms with Crippen LogP contribution in [-0.4, -0.2) is 39.4 Å². The van der Waals surface area contributed by atoms with E-state index in [1.807, 2.05) is 32.2 Å². The Hall–Kier alpha value is -2.90. The molecule has 2 fully saturated rings. The molecule has 0 spiro atoms. The molecule has 3 heterocycles. The molecule has 2 aliphatic rings. The number of pyridine rings is 1. The predicted molar refractivity (Wildman–Crippen MR) is 133 cm³/mol. The van der Waals surface area contributed by atoms with Crippen molar-refractivity contribution in [2.45, 2.75) is 63.7 Å². The van der Waals surface area contributed by atoms with Gasteiger partial charge in [-0.1, -0.05) is 11.6 Å². The first-order valence-corrected chi connectivity index (χ1v) is 12.0. The van der Waals surface area contributed by atoms with Gasteiger partial charge in [-0.3, -0.25) is 4.99 Å². The molecule has 1 aliphatic carbocycles. The second-order valence-corrected chi connectivity index (χ2v) is 9.59. The van der Waals surface area contributed by atoms with E-state index in [0.717, 1.165) is 30.5 Å². The third-order valence-electron chi connectivity index (χ3n) is 6.32. The minimum absolute atomic E-state index is 0.00107. The van der Waals surface area contributed by atoms with Crippen LogP contribution < -0.4 is 5.73 Å². The van der Waals surface area contributed by atoms with Crippen molar-refractivity contribution in [3.8, 4) is 11.3 Å². The fraction of sp³-hybridized carbons (Fsp3) is 0.385. The van der Waals surface area contributed by atoms with Gasteiger partial charge in [-0.2, -0.15) is 0 Å². The van der Waals surface area contributed by atoms with Crippen molar-refractivity contribution in [3.05, 3.63) is 64.5 Å². The standard InChI is InChI=1S/C26H27ClFN5O/c1-14-3-7-21-24(20-8-4-18(27)11-22(20)28)32-25(33-26(21)31-14)16-9-15(2)34-23(10-16)17(12-29)13-30-19-5-6-19/h3-4,7-8,11-13,15-16,19,23H,5-6,9-10,29H2,1-2H3/b17-12+,30-13?/t15-,16+,23+/m0/s1. The number of aliphatic imine (C=N–C) groups is 1. The van der Waals surface area contributed by atoms with Gasteiger partial charge < -0.3 is 10.5 Å². The number of aryl methyl sites for hydroxylation is 1. The van der Waals surface area contributed by atoms with Crippen LogP contribution in [0, 0.1) is 12.7 Å². The fourth-order valence-electron chi connectivity index (χ4n) is 4.41. The van der Waals surface area contributed by atoms with Gasteiger partial charge in [-0.05, 0) is 69.9 Å². The quantitative estimate of drug-likeness (QED) is 0.487. The van der Waals surface area contributed by atoms with Gasteiger partial charge >= 0.3 is 0 Å². The molecule has 1 saturated heterocycles. The second-order valence-electron chi connectivity index (χ2n) is 9.16. The molecule has 34 heavy (non-hydrogen) atoms. The van der Waals surface area contributed by atoms with E-state index >= 15 is 0 Å². The Morgan fingerprint density at radius 2 is 2.00 bits per heavy atom.